The van der Waals surface area contributed by atoms with Crippen molar-refractivity contribution < 1.29 is 23.6 Å². The molecule has 6 N–H and O–H groups in total. The Morgan fingerprint density at radius 3 is 1.53 bits per heavy atom. The lowest BCUT2D eigenvalue weighted by atomic mass is 10.3. The monoisotopic (exact) mass is 486 g/mol. The van der Waals surface area contributed by atoms with Crippen molar-refractivity contribution in [1.82, 2.24) is 15.0 Å². The van der Waals surface area contributed by atoms with Gasteiger partial charge in [-0.15, -0.1) is 0 Å². The van der Waals surface area contributed by atoms with Crippen molar-refractivity contribution in [3.05, 3.63) is 48.5 Å². The summed E-state index contributed by atoms with van der Waals surface area (Å²) in [6, 6.07) is 13.8. The summed E-state index contributed by atoms with van der Waals surface area (Å²) < 4.78 is 15.4. The summed E-state index contributed by atoms with van der Waals surface area (Å²) in [4.78, 5) is 44.0. The van der Waals surface area contributed by atoms with Crippen molar-refractivity contribution in [3.63, 3.8) is 0 Å². The van der Waals surface area contributed by atoms with Crippen LogP contribution < -0.4 is 26.6 Å². The van der Waals surface area contributed by atoms with Crippen LogP contribution in [-0.2, 0) is 18.7 Å². The third kappa shape index (κ3) is 8.13. The molecule has 34 heavy (non-hydrogen) atoms. The Balaban J connectivity index is 1.79. The van der Waals surface area contributed by atoms with Gasteiger partial charge in [0.05, 0.1) is 0 Å². The summed E-state index contributed by atoms with van der Waals surface area (Å²) >= 11 is 0. The van der Waals surface area contributed by atoms with Gasteiger partial charge in [0, 0.05) is 36.6 Å². The van der Waals surface area contributed by atoms with E-state index in [1.54, 1.807) is 48.5 Å². The Hall–Kier alpha value is -4.06. The second-order valence-corrected chi connectivity index (χ2v) is 7.63. The molecule has 2 aromatic carbocycles. The third-order valence-electron chi connectivity index (χ3n) is 3.98. The van der Waals surface area contributed by atoms with Crippen molar-refractivity contribution in [3.8, 4) is 0 Å². The first kappa shape index (κ1) is 24.6. The average Bonchev–Trinajstić information content (AvgIpc) is 2.75. The van der Waals surface area contributed by atoms with Gasteiger partial charge in [0.25, 0.3) is 0 Å². The number of hydrogen-bond acceptors (Lipinski definition) is 10. The van der Waals surface area contributed by atoms with E-state index < -0.39 is 8.25 Å². The van der Waals surface area contributed by atoms with Crippen LogP contribution in [0.1, 0.15) is 13.8 Å². The molecule has 1 aromatic heterocycles. The van der Waals surface area contributed by atoms with Crippen LogP contribution in [0.25, 0.3) is 0 Å². The van der Waals surface area contributed by atoms with Crippen LogP contribution in [0, 0.1) is 0 Å². The van der Waals surface area contributed by atoms with Gasteiger partial charge < -0.3 is 31.5 Å². The van der Waals surface area contributed by atoms with Gasteiger partial charge in [-0.05, 0) is 48.5 Å². The number of hydrogen-bond donors (Lipinski definition) is 6. The quantitative estimate of drug-likeness (QED) is 0.183. The maximum atomic E-state index is 11.2. The molecule has 0 aliphatic rings. The van der Waals surface area contributed by atoms with Gasteiger partial charge in [-0.25, -0.2) is 0 Å². The van der Waals surface area contributed by atoms with Gasteiger partial charge in [0.15, 0.2) is 0 Å². The average molecular weight is 486 g/mol. The second kappa shape index (κ2) is 11.7. The molecule has 0 saturated carbocycles. The minimum atomic E-state index is -3.12. The summed E-state index contributed by atoms with van der Waals surface area (Å²) in [6.07, 6.45) is 0. The van der Waals surface area contributed by atoms with Gasteiger partial charge in [-0.1, -0.05) is 0 Å². The first-order chi connectivity index (χ1) is 16.3. The SMILES string of the molecule is CC(=O)Nc1ccc(Nc2nc(NCO[PH](=O)O)nc(Nc3ccc(NC(C)=O)cc3)n2)cc1. The molecular weight excluding hydrogens is 463 g/mol. The van der Waals surface area contributed by atoms with Crippen LogP contribution in [0.3, 0.4) is 0 Å². The van der Waals surface area contributed by atoms with Crippen LogP contribution in [0.4, 0.5) is 40.6 Å². The second-order valence-electron chi connectivity index (χ2n) is 6.80. The summed E-state index contributed by atoms with van der Waals surface area (Å²) in [5.74, 6) is 0.0929. The molecule has 2 amide bonds. The highest BCUT2D eigenvalue weighted by molar-refractivity contribution is 7.32. The fourth-order valence-corrected chi connectivity index (χ4v) is 2.86. The highest BCUT2D eigenvalue weighted by Crippen LogP contribution is 2.22. The predicted octanol–water partition coefficient (Wildman–Crippen LogP) is 3.04. The summed E-state index contributed by atoms with van der Waals surface area (Å²) in [5, 5.41) is 14.1. The Bertz CT molecular complexity index is 1090. The Morgan fingerprint density at radius 2 is 1.15 bits per heavy atom. The number of carbonyl (C=O) groups is 2. The first-order valence-corrected chi connectivity index (χ1v) is 11.2. The number of rotatable bonds is 10. The molecule has 1 unspecified atom stereocenters. The van der Waals surface area contributed by atoms with Gasteiger partial charge in [-0.2, -0.15) is 15.0 Å². The molecule has 0 aliphatic heterocycles. The van der Waals surface area contributed by atoms with E-state index in [4.69, 9.17) is 4.89 Å². The lowest BCUT2D eigenvalue weighted by molar-refractivity contribution is -0.115. The van der Waals surface area contributed by atoms with Gasteiger partial charge in [-0.3, -0.25) is 18.7 Å². The van der Waals surface area contributed by atoms with Gasteiger partial charge >= 0.3 is 8.25 Å². The molecule has 0 aliphatic carbocycles. The smallest absolute Gasteiger partial charge is 0.318 e. The van der Waals surface area contributed by atoms with Crippen molar-refractivity contribution in [1.29, 1.82) is 0 Å². The van der Waals surface area contributed by atoms with Crippen molar-refractivity contribution in [2.45, 2.75) is 13.8 Å². The molecule has 1 atom stereocenters. The topological polar surface area (TPSA) is 179 Å². The molecular formula is C20H23N8O5P. The van der Waals surface area contributed by atoms with E-state index in [0.717, 1.165) is 0 Å². The van der Waals surface area contributed by atoms with Crippen LogP contribution in [0.15, 0.2) is 48.5 Å². The minimum absolute atomic E-state index is 0.0907. The molecule has 3 aromatic rings. The summed E-state index contributed by atoms with van der Waals surface area (Å²) in [6.45, 7) is 2.56. The largest absolute Gasteiger partial charge is 0.331 e. The third-order valence-corrected chi connectivity index (χ3v) is 4.38. The number of aromatic nitrogens is 3. The van der Waals surface area contributed by atoms with Crippen LogP contribution in [0.5, 0.6) is 0 Å². The van der Waals surface area contributed by atoms with Crippen LogP contribution >= 0.6 is 8.25 Å². The van der Waals surface area contributed by atoms with Crippen LogP contribution in [-0.4, -0.2) is 38.4 Å². The van der Waals surface area contributed by atoms with Gasteiger partial charge in [0.2, 0.25) is 29.7 Å². The first-order valence-electron chi connectivity index (χ1n) is 9.92. The van der Waals surface area contributed by atoms with Crippen molar-refractivity contribution in [2.24, 2.45) is 0 Å². The van der Waals surface area contributed by atoms with E-state index in [2.05, 4.69) is 46.1 Å². The molecule has 0 fully saturated rings. The molecule has 0 spiro atoms. The fraction of sp³-hybridized carbons (Fsp3) is 0.150. The zero-order valence-electron chi connectivity index (χ0n) is 18.2. The lowest BCUT2D eigenvalue weighted by Gasteiger charge is -2.12. The number of nitrogens with one attached hydrogen (secondary N) is 5. The highest BCUT2D eigenvalue weighted by atomic mass is 31.1. The molecule has 3 rings (SSSR count). The van der Waals surface area contributed by atoms with E-state index in [1.807, 2.05) is 0 Å². The summed E-state index contributed by atoms with van der Waals surface area (Å²) in [7, 11) is -3.12. The number of amides is 2. The maximum absolute atomic E-state index is 11.2. The molecule has 0 bridgehead atoms. The normalized spacial score (nSPS) is 11.3. The molecule has 0 radical (unpaired) electrons. The molecule has 178 valence electrons. The Labute approximate surface area is 195 Å². The van der Waals surface area contributed by atoms with Gasteiger partial charge in [0.1, 0.15) is 6.73 Å². The molecule has 1 heterocycles. The standard InChI is InChI=1S/C20H23N8O5P/c1-12(29)22-14-3-7-16(8-4-14)24-19-26-18(21-11-33-34(31)32)27-20(28-19)25-17-9-5-15(6-10-17)23-13(2)30/h3-10,34H,11H2,1-2H3,(H,22,29)(H,23,30)(H,31,32)(H3,21,24,25,26,27,28). The Morgan fingerprint density at radius 1 is 0.765 bits per heavy atom. The van der Waals surface area contributed by atoms with E-state index in [9.17, 15) is 14.2 Å². The van der Waals surface area contributed by atoms with E-state index in [-0.39, 0.29) is 36.4 Å². The number of nitrogens with zero attached hydrogens (tertiary/aromatic N) is 3. The predicted molar refractivity (Wildman–Crippen MR) is 129 cm³/mol. The lowest BCUT2D eigenvalue weighted by Crippen LogP contribution is -2.11. The number of benzene rings is 2. The summed E-state index contributed by atoms with van der Waals surface area (Å²) in [5.41, 5.74) is 2.57. The molecule has 0 saturated heterocycles. The molecule has 13 nitrogen and oxygen atoms in total. The van der Waals surface area contributed by atoms with Crippen LogP contribution in [0.2, 0.25) is 0 Å². The van der Waals surface area contributed by atoms with Crippen molar-refractivity contribution in [2.75, 3.05) is 33.3 Å². The van der Waals surface area contributed by atoms with E-state index >= 15 is 0 Å². The Kier molecular flexibility index (Phi) is 8.46. The highest BCUT2D eigenvalue weighted by Gasteiger charge is 2.09. The number of carbonyl (C=O) groups excluding carboxylic acids is 2. The zero-order chi connectivity index (χ0) is 24.5. The fourth-order valence-electron chi connectivity index (χ4n) is 2.67. The maximum Gasteiger partial charge on any atom is 0.318 e. The zero-order valence-corrected chi connectivity index (χ0v) is 19.2. The van der Waals surface area contributed by atoms with E-state index in [0.29, 0.717) is 22.7 Å². The van der Waals surface area contributed by atoms with Crippen molar-refractivity contribution >= 4 is 60.7 Å². The number of anilines is 7. The molecule has 14 heteroatoms. The minimum Gasteiger partial charge on any atom is -0.331 e. The van der Waals surface area contributed by atoms with E-state index in [1.165, 1.54) is 13.8 Å².